The Morgan fingerprint density at radius 2 is 1.91 bits per heavy atom. The molecule has 0 radical (unpaired) electrons. The molecular weight excluding hydrogens is 288 g/mol. The van der Waals surface area contributed by atoms with E-state index >= 15 is 0 Å². The molecule has 0 N–H and O–H groups in total. The lowest BCUT2D eigenvalue weighted by Crippen LogP contribution is -2.47. The van der Waals surface area contributed by atoms with E-state index in [1.807, 2.05) is 18.2 Å². The number of benzene rings is 1. The van der Waals surface area contributed by atoms with Crippen LogP contribution in [0.1, 0.15) is 5.56 Å². The van der Waals surface area contributed by atoms with Gasteiger partial charge in [-0.25, -0.2) is 9.97 Å². The SMILES string of the molecule is c1ccc(CC2COCCN2c2ccc3nccnc3n2)cc1. The summed E-state index contributed by atoms with van der Waals surface area (Å²) < 4.78 is 5.70. The van der Waals surface area contributed by atoms with Crippen molar-refractivity contribution < 1.29 is 4.74 Å². The molecule has 1 unspecified atom stereocenters. The summed E-state index contributed by atoms with van der Waals surface area (Å²) in [6.45, 7) is 2.29. The van der Waals surface area contributed by atoms with Crippen LogP contribution in [0.15, 0.2) is 54.9 Å². The molecule has 5 nitrogen and oxygen atoms in total. The molecule has 1 aromatic carbocycles. The molecule has 3 aromatic rings. The highest BCUT2D eigenvalue weighted by Gasteiger charge is 2.24. The molecule has 1 saturated heterocycles. The van der Waals surface area contributed by atoms with E-state index in [9.17, 15) is 0 Å². The van der Waals surface area contributed by atoms with Crippen molar-refractivity contribution in [3.63, 3.8) is 0 Å². The van der Waals surface area contributed by atoms with E-state index in [1.165, 1.54) is 5.56 Å². The van der Waals surface area contributed by atoms with Crippen molar-refractivity contribution in [3.8, 4) is 0 Å². The largest absolute Gasteiger partial charge is 0.377 e. The molecule has 0 saturated carbocycles. The van der Waals surface area contributed by atoms with Gasteiger partial charge in [0.15, 0.2) is 5.65 Å². The molecule has 1 fully saturated rings. The monoisotopic (exact) mass is 306 g/mol. The second-order valence-electron chi connectivity index (χ2n) is 5.68. The topological polar surface area (TPSA) is 51.1 Å². The van der Waals surface area contributed by atoms with Crippen LogP contribution < -0.4 is 4.90 Å². The zero-order valence-electron chi connectivity index (χ0n) is 12.8. The van der Waals surface area contributed by atoms with E-state index < -0.39 is 0 Å². The lowest BCUT2D eigenvalue weighted by atomic mass is 10.0. The van der Waals surface area contributed by atoms with E-state index in [4.69, 9.17) is 4.74 Å². The number of rotatable bonds is 3. The fraction of sp³-hybridized carbons (Fsp3) is 0.278. The fourth-order valence-corrected chi connectivity index (χ4v) is 3.02. The standard InChI is InChI=1S/C18H18N4O/c1-2-4-14(5-3-1)12-15-13-23-11-10-22(15)17-7-6-16-18(21-17)20-9-8-19-16/h1-9,15H,10-13H2. The highest BCUT2D eigenvalue weighted by Crippen LogP contribution is 2.21. The number of fused-ring (bicyclic) bond motifs is 1. The second kappa shape index (κ2) is 6.30. The van der Waals surface area contributed by atoms with Crippen molar-refractivity contribution in [1.82, 2.24) is 15.0 Å². The van der Waals surface area contributed by atoms with Gasteiger partial charge in [0.25, 0.3) is 0 Å². The maximum absolute atomic E-state index is 5.70. The molecule has 0 amide bonds. The number of morpholine rings is 1. The van der Waals surface area contributed by atoms with Crippen molar-refractivity contribution in [1.29, 1.82) is 0 Å². The third-order valence-electron chi connectivity index (χ3n) is 4.15. The molecule has 1 aliphatic rings. The average molecular weight is 306 g/mol. The van der Waals surface area contributed by atoms with Crippen LogP contribution in [-0.2, 0) is 11.2 Å². The number of hydrogen-bond acceptors (Lipinski definition) is 5. The molecule has 2 aromatic heterocycles. The minimum Gasteiger partial charge on any atom is -0.377 e. The first-order valence-corrected chi connectivity index (χ1v) is 7.86. The first-order valence-electron chi connectivity index (χ1n) is 7.86. The third-order valence-corrected chi connectivity index (χ3v) is 4.15. The van der Waals surface area contributed by atoms with Crippen LogP contribution >= 0.6 is 0 Å². The smallest absolute Gasteiger partial charge is 0.180 e. The van der Waals surface area contributed by atoms with Crippen molar-refractivity contribution >= 4 is 17.0 Å². The summed E-state index contributed by atoms with van der Waals surface area (Å²) in [4.78, 5) is 15.6. The zero-order valence-corrected chi connectivity index (χ0v) is 12.8. The van der Waals surface area contributed by atoms with Crippen LogP contribution in [-0.4, -0.2) is 40.8 Å². The van der Waals surface area contributed by atoms with Gasteiger partial charge >= 0.3 is 0 Å². The molecule has 5 heteroatoms. The predicted molar refractivity (Wildman–Crippen MR) is 89.4 cm³/mol. The van der Waals surface area contributed by atoms with Gasteiger partial charge in [0, 0.05) is 18.9 Å². The van der Waals surface area contributed by atoms with E-state index in [-0.39, 0.29) is 6.04 Å². The molecular formula is C18H18N4O. The molecule has 1 aliphatic heterocycles. The third kappa shape index (κ3) is 3.00. The Hall–Kier alpha value is -2.53. The lowest BCUT2D eigenvalue weighted by molar-refractivity contribution is 0.0937. The van der Waals surface area contributed by atoms with Crippen LogP contribution in [0.3, 0.4) is 0 Å². The van der Waals surface area contributed by atoms with Crippen molar-refractivity contribution in [3.05, 3.63) is 60.4 Å². The molecule has 116 valence electrons. The maximum Gasteiger partial charge on any atom is 0.180 e. The molecule has 23 heavy (non-hydrogen) atoms. The van der Waals surface area contributed by atoms with Gasteiger partial charge in [-0.15, -0.1) is 0 Å². The van der Waals surface area contributed by atoms with E-state index in [0.717, 1.165) is 37.5 Å². The Kier molecular flexibility index (Phi) is 3.86. The van der Waals surface area contributed by atoms with Gasteiger partial charge in [-0.3, -0.25) is 4.98 Å². The molecule has 0 bridgehead atoms. The minimum absolute atomic E-state index is 0.285. The summed E-state index contributed by atoms with van der Waals surface area (Å²) in [6, 6.07) is 14.8. The van der Waals surface area contributed by atoms with Gasteiger partial charge in [0.2, 0.25) is 0 Å². The summed E-state index contributed by atoms with van der Waals surface area (Å²) in [5.41, 5.74) is 2.83. The summed E-state index contributed by atoms with van der Waals surface area (Å²) in [5, 5.41) is 0. The van der Waals surface area contributed by atoms with Crippen LogP contribution in [0.25, 0.3) is 11.2 Å². The van der Waals surface area contributed by atoms with E-state index in [2.05, 4.69) is 44.1 Å². The number of hydrogen-bond donors (Lipinski definition) is 0. The van der Waals surface area contributed by atoms with E-state index in [1.54, 1.807) is 12.4 Å². The van der Waals surface area contributed by atoms with Gasteiger partial charge in [-0.2, -0.15) is 0 Å². The van der Waals surface area contributed by atoms with Crippen LogP contribution in [0.5, 0.6) is 0 Å². The number of aromatic nitrogens is 3. The number of nitrogens with zero attached hydrogens (tertiary/aromatic N) is 4. The van der Waals surface area contributed by atoms with Gasteiger partial charge in [0.05, 0.1) is 19.3 Å². The van der Waals surface area contributed by atoms with Crippen LogP contribution in [0.2, 0.25) is 0 Å². The molecule has 3 heterocycles. The average Bonchev–Trinajstić information content (AvgIpc) is 2.63. The quantitative estimate of drug-likeness (QED) is 0.744. The van der Waals surface area contributed by atoms with Gasteiger partial charge < -0.3 is 9.64 Å². The van der Waals surface area contributed by atoms with Gasteiger partial charge in [-0.1, -0.05) is 30.3 Å². The number of ether oxygens (including phenoxy) is 1. The molecule has 1 atom stereocenters. The number of anilines is 1. The summed E-state index contributed by atoms with van der Waals surface area (Å²) in [7, 11) is 0. The fourth-order valence-electron chi connectivity index (χ4n) is 3.02. The zero-order chi connectivity index (χ0) is 15.5. The highest BCUT2D eigenvalue weighted by molar-refractivity contribution is 5.71. The summed E-state index contributed by atoms with van der Waals surface area (Å²) >= 11 is 0. The Bertz CT molecular complexity index is 793. The Morgan fingerprint density at radius 1 is 1.04 bits per heavy atom. The first-order chi connectivity index (χ1) is 11.4. The molecule has 0 spiro atoms. The summed E-state index contributed by atoms with van der Waals surface area (Å²) in [6.07, 6.45) is 4.32. The maximum atomic E-state index is 5.70. The Labute approximate surface area is 135 Å². The second-order valence-corrected chi connectivity index (χ2v) is 5.68. The Balaban J connectivity index is 1.63. The van der Waals surface area contributed by atoms with Gasteiger partial charge in [0.1, 0.15) is 11.3 Å². The highest BCUT2D eigenvalue weighted by atomic mass is 16.5. The molecule has 0 aliphatic carbocycles. The van der Waals surface area contributed by atoms with Crippen LogP contribution in [0, 0.1) is 0 Å². The first kappa shape index (κ1) is 14.1. The lowest BCUT2D eigenvalue weighted by Gasteiger charge is -2.36. The number of pyridine rings is 1. The Morgan fingerprint density at radius 3 is 2.83 bits per heavy atom. The summed E-state index contributed by atoms with van der Waals surface area (Å²) in [5.74, 6) is 0.947. The predicted octanol–water partition coefficient (Wildman–Crippen LogP) is 2.47. The van der Waals surface area contributed by atoms with Crippen LogP contribution in [0.4, 0.5) is 5.82 Å². The minimum atomic E-state index is 0.285. The molecule has 4 rings (SSSR count). The van der Waals surface area contributed by atoms with Crippen molar-refractivity contribution in [2.24, 2.45) is 0 Å². The van der Waals surface area contributed by atoms with E-state index in [0.29, 0.717) is 5.65 Å². The van der Waals surface area contributed by atoms with Crippen molar-refractivity contribution in [2.75, 3.05) is 24.7 Å². The van der Waals surface area contributed by atoms with Gasteiger partial charge in [-0.05, 0) is 24.1 Å². The van der Waals surface area contributed by atoms with Crippen molar-refractivity contribution in [2.45, 2.75) is 12.5 Å². The normalized spacial score (nSPS) is 18.3.